The number of carbonyl (C=O) groups is 1. The Hall–Kier alpha value is -1.47. The van der Waals surface area contributed by atoms with E-state index in [-0.39, 0.29) is 10.7 Å². The number of alkyl halides is 3. The fourth-order valence-corrected chi connectivity index (χ4v) is 1.40. The molecule has 1 rings (SSSR count). The lowest BCUT2D eigenvalue weighted by Crippen LogP contribution is -2.43. The highest BCUT2D eigenvalue weighted by Gasteiger charge is 2.39. The molecule has 1 aromatic rings. The summed E-state index contributed by atoms with van der Waals surface area (Å²) in [4.78, 5) is 12.3. The third-order valence-corrected chi connectivity index (χ3v) is 2.62. The van der Waals surface area contributed by atoms with Crippen molar-refractivity contribution in [3.8, 4) is 0 Å². The molecular formula is C11H12ClF3N2O2. The van der Waals surface area contributed by atoms with Gasteiger partial charge in [0.2, 0.25) is 0 Å². The van der Waals surface area contributed by atoms with Crippen molar-refractivity contribution in [2.75, 3.05) is 18.9 Å². The maximum absolute atomic E-state index is 12.1. The Morgan fingerprint density at radius 2 is 2.05 bits per heavy atom. The van der Waals surface area contributed by atoms with E-state index in [1.54, 1.807) is 12.1 Å². The van der Waals surface area contributed by atoms with Gasteiger partial charge in [-0.3, -0.25) is 0 Å². The van der Waals surface area contributed by atoms with Crippen LogP contribution in [0.3, 0.4) is 0 Å². The Kier molecular flexibility index (Phi) is 5.02. The van der Waals surface area contributed by atoms with Crippen molar-refractivity contribution in [3.63, 3.8) is 0 Å². The van der Waals surface area contributed by atoms with Crippen LogP contribution in [0.2, 0.25) is 5.02 Å². The Balaban J connectivity index is 2.62. The van der Waals surface area contributed by atoms with Gasteiger partial charge in [0.15, 0.2) is 6.10 Å². The number of urea groups is 1. The molecule has 19 heavy (non-hydrogen) atoms. The van der Waals surface area contributed by atoms with Crippen LogP contribution in [0.1, 0.15) is 0 Å². The van der Waals surface area contributed by atoms with Crippen molar-refractivity contribution in [2.24, 2.45) is 0 Å². The van der Waals surface area contributed by atoms with E-state index in [4.69, 9.17) is 16.7 Å². The predicted octanol–water partition coefficient (Wildman–Crippen LogP) is 2.73. The molecule has 2 amide bonds. The number of rotatable bonds is 3. The van der Waals surface area contributed by atoms with E-state index in [0.29, 0.717) is 0 Å². The number of carbonyl (C=O) groups excluding carboxylic acids is 1. The SMILES string of the molecule is CN(CC(O)C(F)(F)F)C(=O)Nc1ccccc1Cl. The predicted molar refractivity (Wildman–Crippen MR) is 65.2 cm³/mol. The number of benzene rings is 1. The number of halogens is 4. The lowest BCUT2D eigenvalue weighted by atomic mass is 10.3. The van der Waals surface area contributed by atoms with Gasteiger partial charge in [0.05, 0.1) is 17.3 Å². The van der Waals surface area contributed by atoms with Gasteiger partial charge in [-0.15, -0.1) is 0 Å². The van der Waals surface area contributed by atoms with Crippen LogP contribution in [0.4, 0.5) is 23.7 Å². The molecule has 1 aromatic carbocycles. The molecule has 106 valence electrons. The molecule has 0 aliphatic heterocycles. The fraction of sp³-hybridized carbons (Fsp3) is 0.364. The zero-order valence-electron chi connectivity index (χ0n) is 9.91. The van der Waals surface area contributed by atoms with E-state index < -0.39 is 24.9 Å². The summed E-state index contributed by atoms with van der Waals surface area (Å²) in [6, 6.07) is 5.51. The number of amides is 2. The lowest BCUT2D eigenvalue weighted by molar-refractivity contribution is -0.205. The molecule has 0 aliphatic rings. The van der Waals surface area contributed by atoms with Crippen molar-refractivity contribution in [2.45, 2.75) is 12.3 Å². The van der Waals surface area contributed by atoms with E-state index in [1.807, 2.05) is 0 Å². The molecular weight excluding hydrogens is 285 g/mol. The molecule has 2 N–H and O–H groups in total. The standard InChI is InChI=1S/C11H12ClF3N2O2/c1-17(6-9(18)11(13,14)15)10(19)16-8-5-3-2-4-7(8)12/h2-5,9,18H,6H2,1H3,(H,16,19). The molecule has 0 aliphatic carbocycles. The number of hydrogen-bond donors (Lipinski definition) is 2. The molecule has 8 heteroatoms. The summed E-state index contributed by atoms with van der Waals surface area (Å²) in [5.41, 5.74) is 0.280. The highest BCUT2D eigenvalue weighted by Crippen LogP contribution is 2.22. The van der Waals surface area contributed by atoms with Crippen molar-refractivity contribution >= 4 is 23.3 Å². The Morgan fingerprint density at radius 3 is 2.58 bits per heavy atom. The summed E-state index contributed by atoms with van der Waals surface area (Å²) < 4.78 is 36.4. The highest BCUT2D eigenvalue weighted by atomic mass is 35.5. The van der Waals surface area contributed by atoms with Gasteiger partial charge in [-0.05, 0) is 12.1 Å². The second kappa shape index (κ2) is 6.12. The topological polar surface area (TPSA) is 52.6 Å². The van der Waals surface area contributed by atoms with E-state index in [1.165, 1.54) is 12.1 Å². The van der Waals surface area contributed by atoms with Gasteiger partial charge in [-0.25, -0.2) is 4.79 Å². The van der Waals surface area contributed by atoms with Crippen LogP contribution in [-0.4, -0.2) is 41.9 Å². The molecule has 0 spiro atoms. The quantitative estimate of drug-likeness (QED) is 0.901. The van der Waals surface area contributed by atoms with Crippen molar-refractivity contribution in [1.29, 1.82) is 0 Å². The van der Waals surface area contributed by atoms with Crippen LogP contribution >= 0.6 is 11.6 Å². The fourth-order valence-electron chi connectivity index (χ4n) is 1.22. The minimum absolute atomic E-state index is 0.264. The lowest BCUT2D eigenvalue weighted by Gasteiger charge is -2.22. The van der Waals surface area contributed by atoms with Gasteiger partial charge in [0.1, 0.15) is 0 Å². The summed E-state index contributed by atoms with van der Waals surface area (Å²) in [6.07, 6.45) is -7.35. The van der Waals surface area contributed by atoms with Crippen LogP contribution < -0.4 is 5.32 Å². The molecule has 0 bridgehead atoms. The van der Waals surface area contributed by atoms with E-state index in [0.717, 1.165) is 11.9 Å². The van der Waals surface area contributed by atoms with Gasteiger partial charge in [0.25, 0.3) is 0 Å². The summed E-state index contributed by atoms with van der Waals surface area (Å²) in [6.45, 7) is -0.861. The van der Waals surface area contributed by atoms with Gasteiger partial charge >= 0.3 is 12.2 Å². The molecule has 1 unspecified atom stereocenters. The third kappa shape index (κ3) is 4.60. The number of aliphatic hydroxyl groups excluding tert-OH is 1. The average Bonchev–Trinajstić information content (AvgIpc) is 2.30. The smallest absolute Gasteiger partial charge is 0.382 e. The molecule has 0 radical (unpaired) electrons. The Morgan fingerprint density at radius 1 is 1.47 bits per heavy atom. The first-order valence-electron chi connectivity index (χ1n) is 5.23. The van der Waals surface area contributed by atoms with Gasteiger partial charge in [-0.1, -0.05) is 23.7 Å². The summed E-state index contributed by atoms with van der Waals surface area (Å²) >= 11 is 5.79. The number of nitrogens with zero attached hydrogens (tertiary/aromatic N) is 1. The third-order valence-electron chi connectivity index (χ3n) is 2.29. The normalized spacial score (nSPS) is 12.9. The monoisotopic (exact) mass is 296 g/mol. The van der Waals surface area contributed by atoms with E-state index >= 15 is 0 Å². The maximum Gasteiger partial charge on any atom is 0.416 e. The molecule has 0 aromatic heterocycles. The molecule has 0 saturated heterocycles. The van der Waals surface area contributed by atoms with Gasteiger partial charge < -0.3 is 15.3 Å². The molecule has 1 atom stereocenters. The Bertz CT molecular complexity index is 454. The van der Waals surface area contributed by atoms with Gasteiger partial charge in [-0.2, -0.15) is 13.2 Å². The van der Waals surface area contributed by atoms with Crippen molar-refractivity contribution in [1.82, 2.24) is 4.90 Å². The zero-order chi connectivity index (χ0) is 14.6. The molecule has 0 saturated carbocycles. The van der Waals surface area contributed by atoms with E-state index in [2.05, 4.69) is 5.32 Å². The number of para-hydroxylation sites is 1. The van der Waals surface area contributed by atoms with Crippen molar-refractivity contribution < 1.29 is 23.1 Å². The first kappa shape index (κ1) is 15.6. The number of hydrogen-bond acceptors (Lipinski definition) is 2. The number of nitrogens with one attached hydrogen (secondary N) is 1. The van der Waals surface area contributed by atoms with Crippen LogP contribution in [-0.2, 0) is 0 Å². The molecule has 0 heterocycles. The second-order valence-corrected chi connectivity index (χ2v) is 4.26. The summed E-state index contributed by atoms with van der Waals surface area (Å²) in [5.74, 6) is 0. The number of aliphatic hydroxyl groups is 1. The highest BCUT2D eigenvalue weighted by molar-refractivity contribution is 6.33. The first-order valence-corrected chi connectivity index (χ1v) is 5.61. The van der Waals surface area contributed by atoms with Crippen LogP contribution in [0.5, 0.6) is 0 Å². The number of likely N-dealkylation sites (N-methyl/N-ethyl adjacent to an activating group) is 1. The minimum Gasteiger partial charge on any atom is -0.382 e. The van der Waals surface area contributed by atoms with Gasteiger partial charge in [0, 0.05) is 7.05 Å². The van der Waals surface area contributed by atoms with E-state index in [9.17, 15) is 18.0 Å². The van der Waals surface area contributed by atoms with Crippen LogP contribution in [0.15, 0.2) is 24.3 Å². The summed E-state index contributed by atoms with van der Waals surface area (Å²) in [7, 11) is 1.14. The maximum atomic E-state index is 12.1. The number of anilines is 1. The van der Waals surface area contributed by atoms with Crippen molar-refractivity contribution in [3.05, 3.63) is 29.3 Å². The molecule has 0 fully saturated rings. The minimum atomic E-state index is -4.76. The second-order valence-electron chi connectivity index (χ2n) is 3.85. The largest absolute Gasteiger partial charge is 0.416 e. The first-order chi connectivity index (χ1) is 8.71. The Labute approximate surface area is 112 Å². The average molecular weight is 297 g/mol. The zero-order valence-corrected chi connectivity index (χ0v) is 10.7. The summed E-state index contributed by atoms with van der Waals surface area (Å²) in [5, 5.41) is 11.5. The van der Waals surface area contributed by atoms with Crippen LogP contribution in [0, 0.1) is 0 Å². The molecule has 4 nitrogen and oxygen atoms in total. The van der Waals surface area contributed by atoms with Crippen LogP contribution in [0.25, 0.3) is 0 Å².